The number of aryl methyl sites for hydroxylation is 1. The Morgan fingerprint density at radius 2 is 1.53 bits per heavy atom. The average Bonchev–Trinajstić information content (AvgIpc) is 2.85. The van der Waals surface area contributed by atoms with Crippen molar-refractivity contribution in [1.29, 1.82) is 0 Å². The number of carbonyl (C=O) groups excluding carboxylic acids is 1. The predicted octanol–water partition coefficient (Wildman–Crippen LogP) is 4.58. The lowest BCUT2D eigenvalue weighted by Gasteiger charge is -2.31. The van der Waals surface area contributed by atoms with Gasteiger partial charge in [-0.15, -0.1) is 0 Å². The maximum absolute atomic E-state index is 13.9. The second-order valence-corrected chi connectivity index (χ2v) is 10.8. The molecular formula is C27H29FN2O3S. The summed E-state index contributed by atoms with van der Waals surface area (Å²) in [4.78, 5) is 13.2. The molecule has 1 aliphatic rings. The molecule has 0 spiro atoms. The lowest BCUT2D eigenvalue weighted by atomic mass is 9.94. The minimum absolute atomic E-state index is 0.0828. The summed E-state index contributed by atoms with van der Waals surface area (Å²) < 4.78 is 41.0. The first kappa shape index (κ1) is 24.1. The molecule has 34 heavy (non-hydrogen) atoms. The summed E-state index contributed by atoms with van der Waals surface area (Å²) >= 11 is 0. The van der Waals surface area contributed by atoms with Gasteiger partial charge in [0.1, 0.15) is 5.82 Å². The average molecular weight is 481 g/mol. The van der Waals surface area contributed by atoms with Gasteiger partial charge in [-0.1, -0.05) is 78.4 Å². The first-order chi connectivity index (χ1) is 16.3. The fourth-order valence-corrected chi connectivity index (χ4v) is 5.90. The first-order valence-corrected chi connectivity index (χ1v) is 13.1. The van der Waals surface area contributed by atoms with Gasteiger partial charge < -0.3 is 5.32 Å². The molecule has 5 nitrogen and oxygen atoms in total. The molecule has 0 aromatic heterocycles. The largest absolute Gasteiger partial charge is 0.345 e. The van der Waals surface area contributed by atoms with Gasteiger partial charge in [0.25, 0.3) is 0 Å². The number of piperidine rings is 1. The normalized spacial score (nSPS) is 16.2. The van der Waals surface area contributed by atoms with Gasteiger partial charge in [-0.25, -0.2) is 17.1 Å². The van der Waals surface area contributed by atoms with Crippen LogP contribution in [0.2, 0.25) is 0 Å². The lowest BCUT2D eigenvalue weighted by molar-refractivity contribution is -0.126. The Morgan fingerprint density at radius 1 is 0.941 bits per heavy atom. The Labute approximate surface area is 200 Å². The van der Waals surface area contributed by atoms with E-state index >= 15 is 0 Å². The Hall–Kier alpha value is -3.03. The van der Waals surface area contributed by atoms with E-state index in [-0.39, 0.29) is 42.3 Å². The summed E-state index contributed by atoms with van der Waals surface area (Å²) in [5, 5.41) is 3.18. The number of nitrogens with zero attached hydrogens (tertiary/aromatic N) is 1. The van der Waals surface area contributed by atoms with Gasteiger partial charge in [-0.3, -0.25) is 4.79 Å². The molecule has 7 heteroatoms. The molecule has 1 fully saturated rings. The van der Waals surface area contributed by atoms with Crippen molar-refractivity contribution in [3.63, 3.8) is 0 Å². The van der Waals surface area contributed by atoms with Crippen LogP contribution in [0.25, 0.3) is 0 Å². The highest BCUT2D eigenvalue weighted by atomic mass is 32.2. The van der Waals surface area contributed by atoms with Crippen LogP contribution in [0.3, 0.4) is 0 Å². The van der Waals surface area contributed by atoms with E-state index < -0.39 is 15.8 Å². The molecule has 1 saturated heterocycles. The third-order valence-corrected chi connectivity index (χ3v) is 8.17. The standard InChI is InChI=1S/C27H29FN2O3S/c1-20-11-13-22(14-12-20)26(21-7-3-2-4-8-21)29-27(31)23-15-17-30(18-16-23)34(32,33)19-24-9-5-6-10-25(24)28/h2-14,23,26H,15-19H2,1H3,(H,29,31)/t26-/m1/s1. The number of nitrogens with one attached hydrogen (secondary N) is 1. The van der Waals surface area contributed by atoms with Crippen LogP contribution in [0, 0.1) is 18.7 Å². The monoisotopic (exact) mass is 480 g/mol. The van der Waals surface area contributed by atoms with Crippen LogP contribution in [0.15, 0.2) is 78.9 Å². The van der Waals surface area contributed by atoms with Gasteiger partial charge in [0, 0.05) is 24.6 Å². The van der Waals surface area contributed by atoms with E-state index in [1.165, 1.54) is 22.5 Å². The van der Waals surface area contributed by atoms with Gasteiger partial charge in [-0.05, 0) is 37.0 Å². The second kappa shape index (κ2) is 10.5. The molecule has 3 aromatic rings. The molecule has 1 amide bonds. The SMILES string of the molecule is Cc1ccc([C@H](NC(=O)C2CCN(S(=O)(=O)Cc3ccccc3F)CC2)c2ccccc2)cc1. The van der Waals surface area contributed by atoms with E-state index in [4.69, 9.17) is 0 Å². The Balaban J connectivity index is 1.42. The van der Waals surface area contributed by atoms with E-state index in [2.05, 4.69) is 5.32 Å². The molecule has 1 N–H and O–H groups in total. The number of halogens is 1. The first-order valence-electron chi connectivity index (χ1n) is 11.5. The zero-order chi connectivity index (χ0) is 24.1. The van der Waals surface area contributed by atoms with Gasteiger partial charge in [-0.2, -0.15) is 0 Å². The summed E-state index contributed by atoms with van der Waals surface area (Å²) in [6.07, 6.45) is 0.857. The zero-order valence-corrected chi connectivity index (χ0v) is 20.0. The van der Waals surface area contributed by atoms with Crippen molar-refractivity contribution < 1.29 is 17.6 Å². The third kappa shape index (κ3) is 5.72. The topological polar surface area (TPSA) is 66.5 Å². The summed E-state index contributed by atoms with van der Waals surface area (Å²) in [5.74, 6) is -1.26. The van der Waals surface area contributed by atoms with Crippen LogP contribution >= 0.6 is 0 Å². The second-order valence-electron chi connectivity index (χ2n) is 8.78. The number of rotatable bonds is 7. The molecule has 178 valence electrons. The molecule has 0 bridgehead atoms. The minimum Gasteiger partial charge on any atom is -0.345 e. The molecule has 0 radical (unpaired) electrons. The van der Waals surface area contributed by atoms with Crippen molar-refractivity contribution >= 4 is 15.9 Å². The fourth-order valence-electron chi connectivity index (χ4n) is 4.32. The Bertz CT molecular complexity index is 1220. The van der Waals surface area contributed by atoms with Crippen molar-refractivity contribution in [3.8, 4) is 0 Å². The van der Waals surface area contributed by atoms with Gasteiger partial charge in [0.2, 0.25) is 15.9 Å². The molecule has 0 saturated carbocycles. The number of sulfonamides is 1. The van der Waals surface area contributed by atoms with Crippen molar-refractivity contribution in [3.05, 3.63) is 107 Å². The number of hydrogen-bond acceptors (Lipinski definition) is 3. The van der Waals surface area contributed by atoms with Crippen molar-refractivity contribution in [2.75, 3.05) is 13.1 Å². The molecular weight excluding hydrogens is 451 g/mol. The number of amides is 1. The van der Waals surface area contributed by atoms with Gasteiger partial charge in [0.15, 0.2) is 0 Å². The van der Waals surface area contributed by atoms with Crippen LogP contribution in [0.4, 0.5) is 4.39 Å². The van der Waals surface area contributed by atoms with Crippen LogP contribution < -0.4 is 5.32 Å². The molecule has 4 rings (SSSR count). The summed E-state index contributed by atoms with van der Waals surface area (Å²) in [6.45, 7) is 2.51. The predicted molar refractivity (Wildman–Crippen MR) is 131 cm³/mol. The quantitative estimate of drug-likeness (QED) is 0.538. The van der Waals surface area contributed by atoms with Crippen LogP contribution in [-0.4, -0.2) is 31.7 Å². The van der Waals surface area contributed by atoms with Crippen molar-refractivity contribution in [2.24, 2.45) is 5.92 Å². The maximum Gasteiger partial charge on any atom is 0.223 e. The van der Waals surface area contributed by atoms with E-state index in [9.17, 15) is 17.6 Å². The maximum atomic E-state index is 13.9. The van der Waals surface area contributed by atoms with Crippen LogP contribution in [0.5, 0.6) is 0 Å². The smallest absolute Gasteiger partial charge is 0.223 e. The molecule has 0 unspecified atom stereocenters. The number of hydrogen-bond donors (Lipinski definition) is 1. The highest BCUT2D eigenvalue weighted by Crippen LogP contribution is 2.26. The fraction of sp³-hybridized carbons (Fsp3) is 0.296. The van der Waals surface area contributed by atoms with Crippen LogP contribution in [-0.2, 0) is 20.6 Å². The van der Waals surface area contributed by atoms with E-state index in [0.29, 0.717) is 12.8 Å². The van der Waals surface area contributed by atoms with Gasteiger partial charge >= 0.3 is 0 Å². The minimum atomic E-state index is -3.66. The number of carbonyl (C=O) groups is 1. The summed E-state index contributed by atoms with van der Waals surface area (Å²) in [7, 11) is -3.66. The van der Waals surface area contributed by atoms with E-state index in [1.54, 1.807) is 6.07 Å². The number of benzene rings is 3. The van der Waals surface area contributed by atoms with Crippen molar-refractivity contribution in [1.82, 2.24) is 9.62 Å². The van der Waals surface area contributed by atoms with Crippen LogP contribution in [0.1, 0.15) is 41.1 Å². The molecule has 1 atom stereocenters. The van der Waals surface area contributed by atoms with E-state index in [0.717, 1.165) is 16.7 Å². The zero-order valence-electron chi connectivity index (χ0n) is 19.2. The molecule has 1 heterocycles. The Kier molecular flexibility index (Phi) is 7.44. The Morgan fingerprint density at radius 3 is 2.18 bits per heavy atom. The van der Waals surface area contributed by atoms with Crippen molar-refractivity contribution in [2.45, 2.75) is 31.6 Å². The van der Waals surface area contributed by atoms with Gasteiger partial charge in [0.05, 0.1) is 11.8 Å². The molecule has 1 aliphatic heterocycles. The molecule has 3 aromatic carbocycles. The molecule has 0 aliphatic carbocycles. The van der Waals surface area contributed by atoms with E-state index in [1.807, 2.05) is 61.5 Å². The lowest BCUT2D eigenvalue weighted by Crippen LogP contribution is -2.44. The summed E-state index contributed by atoms with van der Waals surface area (Å²) in [6, 6.07) is 23.5. The highest BCUT2D eigenvalue weighted by Gasteiger charge is 2.32. The summed E-state index contributed by atoms with van der Waals surface area (Å²) in [5.41, 5.74) is 3.29. The highest BCUT2D eigenvalue weighted by molar-refractivity contribution is 7.88. The third-order valence-electron chi connectivity index (χ3n) is 6.34.